The summed E-state index contributed by atoms with van der Waals surface area (Å²) < 4.78 is 125. The van der Waals surface area contributed by atoms with E-state index < -0.39 is 46.5 Å². The molecule has 2 aromatic carbocycles. The molecule has 0 fully saturated rings. The standard InChI is InChI=1S/C23H12F9N5O/c24-15-6-17(26)16(25)5-13(15)21-34-19-7-33-37(9-20(19)35-21)8-11-4-18(36-38-11)12-2-1-10(22(27,28)29)3-14(12)23(30,31)32/h1-7H,8-9H2,(H,34,35). The van der Waals surface area contributed by atoms with Crippen molar-refractivity contribution in [2.75, 3.05) is 0 Å². The maximum Gasteiger partial charge on any atom is 0.417 e. The van der Waals surface area contributed by atoms with E-state index in [9.17, 15) is 39.5 Å². The lowest BCUT2D eigenvalue weighted by Crippen LogP contribution is -2.21. The van der Waals surface area contributed by atoms with E-state index in [0.29, 0.717) is 35.7 Å². The lowest BCUT2D eigenvalue weighted by atomic mass is 10.0. The van der Waals surface area contributed by atoms with Crippen LogP contribution in [0.1, 0.15) is 28.3 Å². The number of H-pyrrole nitrogens is 1. The number of nitrogens with zero attached hydrogens (tertiary/aromatic N) is 4. The molecule has 0 bridgehead atoms. The van der Waals surface area contributed by atoms with Crippen LogP contribution < -0.4 is 0 Å². The second kappa shape index (κ2) is 8.92. The minimum absolute atomic E-state index is 0.00575. The molecule has 2 aromatic heterocycles. The Morgan fingerprint density at radius 3 is 2.32 bits per heavy atom. The second-order valence-electron chi connectivity index (χ2n) is 8.20. The molecular formula is C23H12F9N5O. The van der Waals surface area contributed by atoms with Crippen LogP contribution in [0.2, 0.25) is 0 Å². The first kappa shape index (κ1) is 25.4. The van der Waals surface area contributed by atoms with E-state index in [1.54, 1.807) is 0 Å². The molecule has 1 aliphatic rings. The molecule has 0 radical (unpaired) electrons. The van der Waals surface area contributed by atoms with E-state index in [0.717, 1.165) is 6.07 Å². The smallest absolute Gasteiger partial charge is 0.359 e. The fraction of sp³-hybridized carbons (Fsp3) is 0.174. The number of hydrogen-bond acceptors (Lipinski definition) is 5. The van der Waals surface area contributed by atoms with Gasteiger partial charge in [-0.3, -0.25) is 5.01 Å². The van der Waals surface area contributed by atoms with Gasteiger partial charge in [-0.05, 0) is 18.2 Å². The highest BCUT2D eigenvalue weighted by Gasteiger charge is 2.39. The first-order valence-electron chi connectivity index (χ1n) is 10.6. The van der Waals surface area contributed by atoms with E-state index in [1.807, 2.05) is 0 Å². The summed E-state index contributed by atoms with van der Waals surface area (Å²) in [7, 11) is 0. The molecule has 0 unspecified atom stereocenters. The fourth-order valence-corrected chi connectivity index (χ4v) is 3.81. The zero-order valence-corrected chi connectivity index (χ0v) is 18.6. The van der Waals surface area contributed by atoms with Gasteiger partial charge in [-0.2, -0.15) is 31.4 Å². The van der Waals surface area contributed by atoms with Crippen LogP contribution in [0.4, 0.5) is 39.5 Å². The summed E-state index contributed by atoms with van der Waals surface area (Å²) in [6.45, 7) is -0.0763. The molecule has 5 rings (SSSR count). The lowest BCUT2D eigenvalue weighted by molar-refractivity contribution is -0.142. The highest BCUT2D eigenvalue weighted by atomic mass is 19.4. The van der Waals surface area contributed by atoms with Gasteiger partial charge in [0.1, 0.15) is 23.0 Å². The molecule has 3 heterocycles. The van der Waals surface area contributed by atoms with Gasteiger partial charge in [-0.25, -0.2) is 18.2 Å². The van der Waals surface area contributed by atoms with Crippen molar-refractivity contribution in [1.82, 2.24) is 20.1 Å². The van der Waals surface area contributed by atoms with Crippen molar-refractivity contribution in [3.63, 3.8) is 0 Å². The first-order chi connectivity index (χ1) is 17.8. The van der Waals surface area contributed by atoms with Crippen LogP contribution in [-0.4, -0.2) is 26.3 Å². The van der Waals surface area contributed by atoms with Crippen molar-refractivity contribution >= 4 is 6.21 Å². The Morgan fingerprint density at radius 1 is 0.868 bits per heavy atom. The van der Waals surface area contributed by atoms with Crippen LogP contribution in [0.3, 0.4) is 0 Å². The Kier molecular flexibility index (Phi) is 5.95. The molecule has 1 aliphatic heterocycles. The summed E-state index contributed by atoms with van der Waals surface area (Å²) >= 11 is 0. The number of halogens is 9. The van der Waals surface area contributed by atoms with Crippen LogP contribution in [0.25, 0.3) is 22.6 Å². The summed E-state index contributed by atoms with van der Waals surface area (Å²) in [5, 5.41) is 9.06. The Bertz CT molecular complexity index is 1550. The van der Waals surface area contributed by atoms with Crippen molar-refractivity contribution in [3.05, 3.63) is 82.1 Å². The number of aromatic amines is 1. The van der Waals surface area contributed by atoms with Crippen molar-refractivity contribution in [3.8, 4) is 22.6 Å². The number of alkyl halides is 6. The summed E-state index contributed by atoms with van der Waals surface area (Å²) in [5.41, 5.74) is -3.52. The van der Waals surface area contributed by atoms with Crippen molar-refractivity contribution in [2.45, 2.75) is 25.4 Å². The van der Waals surface area contributed by atoms with Crippen LogP contribution in [0.15, 0.2) is 46.0 Å². The molecular weight excluding hydrogens is 533 g/mol. The van der Waals surface area contributed by atoms with E-state index in [-0.39, 0.29) is 42.0 Å². The first-order valence-corrected chi connectivity index (χ1v) is 10.6. The van der Waals surface area contributed by atoms with Gasteiger partial charge in [0, 0.05) is 17.7 Å². The van der Waals surface area contributed by atoms with Crippen molar-refractivity contribution in [2.24, 2.45) is 5.10 Å². The highest BCUT2D eigenvalue weighted by molar-refractivity contribution is 5.80. The third-order valence-corrected chi connectivity index (χ3v) is 5.59. The number of rotatable bonds is 4. The van der Waals surface area contributed by atoms with E-state index >= 15 is 0 Å². The third-order valence-electron chi connectivity index (χ3n) is 5.59. The quantitative estimate of drug-likeness (QED) is 0.234. The molecule has 1 N–H and O–H groups in total. The van der Waals surface area contributed by atoms with Crippen molar-refractivity contribution in [1.29, 1.82) is 0 Å². The van der Waals surface area contributed by atoms with Gasteiger partial charge in [-0.1, -0.05) is 11.2 Å². The number of imidazole rings is 1. The van der Waals surface area contributed by atoms with Gasteiger partial charge in [-0.15, -0.1) is 0 Å². The average molecular weight is 545 g/mol. The fourth-order valence-electron chi connectivity index (χ4n) is 3.81. The number of hydrogen-bond donors (Lipinski definition) is 1. The molecule has 0 saturated carbocycles. The van der Waals surface area contributed by atoms with Crippen LogP contribution >= 0.6 is 0 Å². The highest BCUT2D eigenvalue weighted by Crippen LogP contribution is 2.41. The summed E-state index contributed by atoms with van der Waals surface area (Å²) in [6, 6.07) is 3.36. The van der Waals surface area contributed by atoms with Gasteiger partial charge in [0.05, 0.1) is 41.7 Å². The largest absolute Gasteiger partial charge is 0.417 e. The number of nitrogens with one attached hydrogen (secondary N) is 1. The minimum atomic E-state index is -5.09. The summed E-state index contributed by atoms with van der Waals surface area (Å²) in [5.74, 6) is -3.71. The van der Waals surface area contributed by atoms with Crippen molar-refractivity contribution < 1.29 is 44.0 Å². The molecule has 4 aromatic rings. The van der Waals surface area contributed by atoms with E-state index in [4.69, 9.17) is 4.52 Å². The molecule has 38 heavy (non-hydrogen) atoms. The maximum absolute atomic E-state index is 14.1. The van der Waals surface area contributed by atoms with Crippen LogP contribution in [-0.2, 0) is 25.4 Å². The predicted molar refractivity (Wildman–Crippen MR) is 113 cm³/mol. The summed E-state index contributed by atoms with van der Waals surface area (Å²) in [6.07, 6.45) is -8.78. The van der Waals surface area contributed by atoms with Gasteiger partial charge < -0.3 is 9.51 Å². The zero-order valence-electron chi connectivity index (χ0n) is 18.6. The van der Waals surface area contributed by atoms with Crippen LogP contribution in [0, 0.1) is 17.5 Å². The van der Waals surface area contributed by atoms with E-state index in [2.05, 4.69) is 20.2 Å². The molecule has 0 aliphatic carbocycles. The molecule has 6 nitrogen and oxygen atoms in total. The van der Waals surface area contributed by atoms with E-state index in [1.165, 1.54) is 11.2 Å². The molecule has 15 heteroatoms. The Labute approximate surface area is 206 Å². The van der Waals surface area contributed by atoms with Crippen LogP contribution in [0.5, 0.6) is 0 Å². The summed E-state index contributed by atoms with van der Waals surface area (Å²) in [4.78, 5) is 6.90. The third kappa shape index (κ3) is 4.82. The predicted octanol–water partition coefficient (Wildman–Crippen LogP) is 6.54. The number of benzene rings is 2. The molecule has 0 atom stereocenters. The Balaban J connectivity index is 1.36. The topological polar surface area (TPSA) is 70.3 Å². The average Bonchev–Trinajstić information content (AvgIpc) is 3.46. The normalized spacial score (nSPS) is 13.8. The second-order valence-corrected chi connectivity index (χ2v) is 8.20. The van der Waals surface area contributed by atoms with Gasteiger partial charge >= 0.3 is 12.4 Å². The Hall–Kier alpha value is -4.30. The SMILES string of the molecule is Fc1cc(F)c(-c2nc3c([nH]2)CN(Cc2cc(-c4ccc(C(F)(F)F)cc4C(F)(F)F)no2)N=C3)cc1F. The monoisotopic (exact) mass is 545 g/mol. The number of fused-ring (bicyclic) bond motifs is 1. The molecule has 198 valence electrons. The lowest BCUT2D eigenvalue weighted by Gasteiger charge is -2.19. The van der Waals surface area contributed by atoms with Gasteiger partial charge in [0.2, 0.25) is 0 Å². The number of aromatic nitrogens is 3. The van der Waals surface area contributed by atoms with Gasteiger partial charge in [0.15, 0.2) is 17.4 Å². The molecule has 0 spiro atoms. The van der Waals surface area contributed by atoms with Gasteiger partial charge in [0.25, 0.3) is 0 Å². The number of hydrazone groups is 1. The minimum Gasteiger partial charge on any atom is -0.359 e. The Morgan fingerprint density at radius 2 is 1.61 bits per heavy atom. The molecule has 0 amide bonds. The zero-order chi connectivity index (χ0) is 27.4. The maximum atomic E-state index is 14.1. The molecule has 0 saturated heterocycles.